The molecular weight excluding hydrogens is 322 g/mol. The quantitative estimate of drug-likeness (QED) is 0.717. The van der Waals surface area contributed by atoms with Crippen molar-refractivity contribution in [2.75, 3.05) is 7.05 Å². The molecule has 0 radical (unpaired) electrons. The van der Waals surface area contributed by atoms with E-state index in [1.54, 1.807) is 16.6 Å². The van der Waals surface area contributed by atoms with Gasteiger partial charge in [-0.2, -0.15) is 5.10 Å². The fraction of sp³-hybridized carbons (Fsp3) is 0.158. The molecule has 0 aliphatic rings. The maximum atomic E-state index is 12.6. The van der Waals surface area contributed by atoms with Crippen molar-refractivity contribution >= 4 is 17.5 Å². The Morgan fingerprint density at radius 2 is 1.79 bits per heavy atom. The van der Waals surface area contributed by atoms with Gasteiger partial charge in [-0.1, -0.05) is 41.9 Å². The van der Waals surface area contributed by atoms with Gasteiger partial charge in [-0.3, -0.25) is 4.79 Å². The van der Waals surface area contributed by atoms with Gasteiger partial charge in [0.25, 0.3) is 5.91 Å². The number of halogens is 1. The van der Waals surface area contributed by atoms with Gasteiger partial charge in [0, 0.05) is 24.3 Å². The van der Waals surface area contributed by atoms with Gasteiger partial charge in [-0.05, 0) is 42.8 Å². The first kappa shape index (κ1) is 16.3. The minimum Gasteiger partial charge on any atom is -0.336 e. The summed E-state index contributed by atoms with van der Waals surface area (Å²) < 4.78 is 1.78. The Kier molecular flexibility index (Phi) is 4.67. The molecule has 0 N–H and O–H groups in total. The number of nitrogens with zero attached hydrogens (tertiary/aromatic N) is 3. The van der Waals surface area contributed by atoms with Crippen LogP contribution in [0.2, 0.25) is 5.02 Å². The number of carbonyl (C=O) groups excluding carboxylic acids is 1. The van der Waals surface area contributed by atoms with Gasteiger partial charge in [0.2, 0.25) is 0 Å². The maximum absolute atomic E-state index is 12.6. The van der Waals surface area contributed by atoms with Crippen molar-refractivity contribution in [2.24, 2.45) is 0 Å². The Balaban J connectivity index is 1.78. The smallest absolute Gasteiger partial charge is 0.274 e. The molecule has 3 rings (SSSR count). The van der Waals surface area contributed by atoms with Crippen molar-refractivity contribution in [3.63, 3.8) is 0 Å². The van der Waals surface area contributed by atoms with Crippen LogP contribution < -0.4 is 0 Å². The van der Waals surface area contributed by atoms with E-state index in [0.717, 1.165) is 16.9 Å². The number of benzene rings is 2. The van der Waals surface area contributed by atoms with E-state index in [1.807, 2.05) is 67.6 Å². The third-order valence-corrected chi connectivity index (χ3v) is 4.04. The van der Waals surface area contributed by atoms with Crippen LogP contribution in [0.1, 0.15) is 21.7 Å². The van der Waals surface area contributed by atoms with Gasteiger partial charge >= 0.3 is 0 Å². The molecule has 1 heterocycles. The van der Waals surface area contributed by atoms with Crippen molar-refractivity contribution < 1.29 is 4.79 Å². The lowest BCUT2D eigenvalue weighted by Gasteiger charge is -2.16. The molecule has 0 fully saturated rings. The van der Waals surface area contributed by atoms with Crippen LogP contribution in [0.3, 0.4) is 0 Å². The second-order valence-electron chi connectivity index (χ2n) is 5.71. The van der Waals surface area contributed by atoms with Gasteiger partial charge in [0.05, 0.1) is 5.69 Å². The maximum Gasteiger partial charge on any atom is 0.274 e. The molecule has 0 saturated heterocycles. The number of rotatable bonds is 4. The van der Waals surface area contributed by atoms with Crippen LogP contribution in [-0.4, -0.2) is 27.6 Å². The standard InChI is InChI=1S/C19H18ClN3O/c1-14-12-18(21-23(14)17-6-4-3-5-7-17)19(24)22(2)13-15-8-10-16(20)11-9-15/h3-12H,13H2,1-2H3. The molecule has 24 heavy (non-hydrogen) atoms. The van der Waals surface area contributed by atoms with E-state index >= 15 is 0 Å². The molecule has 0 bridgehead atoms. The zero-order valence-corrected chi connectivity index (χ0v) is 14.4. The third-order valence-electron chi connectivity index (χ3n) is 3.79. The molecule has 0 aliphatic heterocycles. The van der Waals surface area contributed by atoms with Gasteiger partial charge in [-0.15, -0.1) is 0 Å². The van der Waals surface area contributed by atoms with Crippen LogP contribution in [0.4, 0.5) is 0 Å². The number of hydrogen-bond acceptors (Lipinski definition) is 2. The van der Waals surface area contributed by atoms with E-state index in [9.17, 15) is 4.79 Å². The second kappa shape index (κ2) is 6.89. The van der Waals surface area contributed by atoms with Crippen LogP contribution in [0.25, 0.3) is 5.69 Å². The van der Waals surface area contributed by atoms with Gasteiger partial charge in [0.15, 0.2) is 5.69 Å². The molecular formula is C19H18ClN3O. The Morgan fingerprint density at radius 1 is 1.12 bits per heavy atom. The average Bonchev–Trinajstić information content (AvgIpc) is 2.99. The highest BCUT2D eigenvalue weighted by molar-refractivity contribution is 6.30. The first-order chi connectivity index (χ1) is 11.5. The van der Waals surface area contributed by atoms with Crippen molar-refractivity contribution in [3.8, 4) is 5.69 Å². The molecule has 122 valence electrons. The van der Waals surface area contributed by atoms with E-state index in [-0.39, 0.29) is 5.91 Å². The summed E-state index contributed by atoms with van der Waals surface area (Å²) in [6, 6.07) is 19.1. The van der Waals surface area contributed by atoms with Crippen molar-refractivity contribution in [3.05, 3.63) is 82.6 Å². The minimum atomic E-state index is -0.109. The molecule has 1 aromatic heterocycles. The lowest BCUT2D eigenvalue weighted by molar-refractivity contribution is 0.0779. The van der Waals surface area contributed by atoms with Crippen molar-refractivity contribution in [1.82, 2.24) is 14.7 Å². The van der Waals surface area contributed by atoms with Gasteiger partial charge in [-0.25, -0.2) is 4.68 Å². The zero-order chi connectivity index (χ0) is 17.1. The summed E-state index contributed by atoms with van der Waals surface area (Å²) >= 11 is 5.89. The minimum absolute atomic E-state index is 0.109. The molecule has 5 heteroatoms. The zero-order valence-electron chi connectivity index (χ0n) is 13.6. The molecule has 0 aliphatic carbocycles. The molecule has 0 unspecified atom stereocenters. The molecule has 0 spiro atoms. The van der Waals surface area contributed by atoms with E-state index in [0.29, 0.717) is 17.3 Å². The van der Waals surface area contributed by atoms with Crippen LogP contribution in [-0.2, 0) is 6.54 Å². The SMILES string of the molecule is Cc1cc(C(=O)N(C)Cc2ccc(Cl)cc2)nn1-c1ccccc1. The number of para-hydroxylation sites is 1. The fourth-order valence-corrected chi connectivity index (χ4v) is 2.67. The van der Waals surface area contributed by atoms with Crippen LogP contribution >= 0.6 is 11.6 Å². The summed E-state index contributed by atoms with van der Waals surface area (Å²) in [5.41, 5.74) is 3.32. The Bertz CT molecular complexity index is 841. The molecule has 0 saturated carbocycles. The Hall–Kier alpha value is -2.59. The second-order valence-corrected chi connectivity index (χ2v) is 6.14. The summed E-state index contributed by atoms with van der Waals surface area (Å²) in [6.45, 7) is 2.45. The normalized spacial score (nSPS) is 10.6. The summed E-state index contributed by atoms with van der Waals surface area (Å²) in [7, 11) is 1.77. The van der Waals surface area contributed by atoms with Crippen LogP contribution in [0, 0.1) is 6.92 Å². The van der Waals surface area contributed by atoms with E-state index in [2.05, 4.69) is 5.10 Å². The highest BCUT2D eigenvalue weighted by Gasteiger charge is 2.17. The number of aryl methyl sites for hydroxylation is 1. The number of hydrogen-bond donors (Lipinski definition) is 0. The Labute approximate surface area is 146 Å². The molecule has 0 atom stereocenters. The monoisotopic (exact) mass is 339 g/mol. The third kappa shape index (κ3) is 3.49. The predicted molar refractivity (Wildman–Crippen MR) is 95.6 cm³/mol. The topological polar surface area (TPSA) is 38.1 Å². The number of amides is 1. The molecule has 2 aromatic carbocycles. The molecule has 4 nitrogen and oxygen atoms in total. The van der Waals surface area contributed by atoms with Crippen molar-refractivity contribution in [1.29, 1.82) is 0 Å². The van der Waals surface area contributed by atoms with E-state index in [1.165, 1.54) is 0 Å². The number of aromatic nitrogens is 2. The number of carbonyl (C=O) groups is 1. The summed E-state index contributed by atoms with van der Waals surface area (Å²) in [5.74, 6) is -0.109. The van der Waals surface area contributed by atoms with Gasteiger partial charge < -0.3 is 4.90 Å². The Morgan fingerprint density at radius 3 is 2.46 bits per heavy atom. The highest BCUT2D eigenvalue weighted by Crippen LogP contribution is 2.15. The highest BCUT2D eigenvalue weighted by atomic mass is 35.5. The average molecular weight is 340 g/mol. The summed E-state index contributed by atoms with van der Waals surface area (Å²) in [4.78, 5) is 14.3. The summed E-state index contributed by atoms with van der Waals surface area (Å²) in [6.07, 6.45) is 0. The lowest BCUT2D eigenvalue weighted by atomic mass is 10.2. The first-order valence-corrected chi connectivity index (χ1v) is 8.04. The van der Waals surface area contributed by atoms with Gasteiger partial charge in [0.1, 0.15) is 0 Å². The van der Waals surface area contributed by atoms with Crippen LogP contribution in [0.5, 0.6) is 0 Å². The molecule has 1 amide bonds. The largest absolute Gasteiger partial charge is 0.336 e. The first-order valence-electron chi connectivity index (χ1n) is 7.66. The lowest BCUT2D eigenvalue weighted by Crippen LogP contribution is -2.26. The molecule has 3 aromatic rings. The predicted octanol–water partition coefficient (Wildman–Crippen LogP) is 4.11. The van der Waals surface area contributed by atoms with Crippen molar-refractivity contribution in [2.45, 2.75) is 13.5 Å². The van der Waals surface area contributed by atoms with Crippen LogP contribution in [0.15, 0.2) is 60.7 Å². The summed E-state index contributed by atoms with van der Waals surface area (Å²) in [5, 5.41) is 5.15. The van der Waals surface area contributed by atoms with E-state index < -0.39 is 0 Å². The fourth-order valence-electron chi connectivity index (χ4n) is 2.54. The van der Waals surface area contributed by atoms with E-state index in [4.69, 9.17) is 11.6 Å².